The molecule has 0 aliphatic heterocycles. The maximum absolute atomic E-state index is 12.5. The number of hydrogen-bond acceptors (Lipinski definition) is 4. The van der Waals surface area contributed by atoms with E-state index in [4.69, 9.17) is 4.74 Å². The lowest BCUT2D eigenvalue weighted by molar-refractivity contribution is -0.123. The summed E-state index contributed by atoms with van der Waals surface area (Å²) >= 11 is 0. The van der Waals surface area contributed by atoms with Crippen molar-refractivity contribution in [2.45, 2.75) is 32.1 Å². The molecule has 0 unspecified atom stereocenters. The van der Waals surface area contributed by atoms with Gasteiger partial charge >= 0.3 is 0 Å². The quantitative estimate of drug-likeness (QED) is 0.688. The summed E-state index contributed by atoms with van der Waals surface area (Å²) in [5, 5.41) is 2.78. The number of ether oxygens (including phenoxy) is 1. The average Bonchev–Trinajstić information content (AvgIpc) is 2.62. The van der Waals surface area contributed by atoms with Crippen LogP contribution in [0, 0.1) is 12.8 Å². The van der Waals surface area contributed by atoms with Crippen molar-refractivity contribution in [1.29, 1.82) is 0 Å². The molecule has 0 atom stereocenters. The molecule has 0 bridgehead atoms. The summed E-state index contributed by atoms with van der Waals surface area (Å²) in [7, 11) is -3.69. The fourth-order valence-corrected chi connectivity index (χ4v) is 3.44. The summed E-state index contributed by atoms with van der Waals surface area (Å²) in [6.45, 7) is 6.52. The van der Waals surface area contributed by atoms with Gasteiger partial charge in [-0.1, -0.05) is 32.0 Å². The number of carbonyl (C=O) groups excluding carboxylic acids is 1. The van der Waals surface area contributed by atoms with Crippen LogP contribution >= 0.6 is 0 Å². The maximum atomic E-state index is 12.5. The van der Waals surface area contributed by atoms with Crippen LogP contribution in [-0.4, -0.2) is 27.5 Å². The van der Waals surface area contributed by atoms with Crippen LogP contribution in [0.2, 0.25) is 0 Å². The minimum atomic E-state index is -3.69. The zero-order chi connectivity index (χ0) is 19.9. The first kappa shape index (κ1) is 20.8. The van der Waals surface area contributed by atoms with Crippen LogP contribution in [0.25, 0.3) is 0 Å². The molecule has 2 aromatic rings. The lowest BCUT2D eigenvalue weighted by atomic mass is 10.1. The van der Waals surface area contributed by atoms with E-state index in [0.29, 0.717) is 23.9 Å². The van der Waals surface area contributed by atoms with Crippen LogP contribution in [0.1, 0.15) is 25.8 Å². The molecule has 6 nitrogen and oxygen atoms in total. The molecule has 2 N–H and O–H groups in total. The zero-order valence-electron chi connectivity index (χ0n) is 15.9. The summed E-state index contributed by atoms with van der Waals surface area (Å²) in [4.78, 5) is 11.8. The molecule has 0 saturated heterocycles. The molecule has 2 rings (SSSR count). The van der Waals surface area contributed by atoms with E-state index in [-0.39, 0.29) is 17.4 Å². The maximum Gasteiger partial charge on any atom is 0.261 e. The molecule has 1 amide bonds. The molecule has 0 heterocycles. The number of amides is 1. The Hall–Kier alpha value is -2.54. The minimum absolute atomic E-state index is 0.106. The fourth-order valence-electron chi connectivity index (χ4n) is 2.31. The van der Waals surface area contributed by atoms with Crippen LogP contribution < -0.4 is 14.8 Å². The van der Waals surface area contributed by atoms with Crippen LogP contribution in [0.5, 0.6) is 5.75 Å². The fraction of sp³-hybridized carbons (Fsp3) is 0.350. The Balaban J connectivity index is 1.92. The summed E-state index contributed by atoms with van der Waals surface area (Å²) in [5.41, 5.74) is 1.38. The van der Waals surface area contributed by atoms with E-state index < -0.39 is 10.0 Å². The second-order valence-corrected chi connectivity index (χ2v) is 8.40. The van der Waals surface area contributed by atoms with Gasteiger partial charge in [0.1, 0.15) is 5.75 Å². The summed E-state index contributed by atoms with van der Waals surface area (Å²) < 4.78 is 33.0. The van der Waals surface area contributed by atoms with Gasteiger partial charge in [0.05, 0.1) is 10.6 Å². The molecule has 0 aromatic heterocycles. The van der Waals surface area contributed by atoms with Crippen molar-refractivity contribution in [2.75, 3.05) is 17.9 Å². The highest BCUT2D eigenvalue weighted by atomic mass is 32.2. The zero-order valence-corrected chi connectivity index (χ0v) is 16.7. The topological polar surface area (TPSA) is 84.5 Å². The predicted octanol–water partition coefficient (Wildman–Crippen LogP) is 3.34. The van der Waals surface area contributed by atoms with Crippen molar-refractivity contribution < 1.29 is 17.9 Å². The lowest BCUT2D eigenvalue weighted by Crippen LogP contribution is -2.30. The van der Waals surface area contributed by atoms with E-state index >= 15 is 0 Å². The van der Waals surface area contributed by atoms with Crippen LogP contribution in [0.4, 0.5) is 5.69 Å². The SMILES string of the molecule is Cc1ccccc1NS(=O)(=O)c1ccc(OCC(=O)NCCC(C)C)cc1. The third-order valence-corrected chi connectivity index (χ3v) is 5.32. The molecule has 0 radical (unpaired) electrons. The van der Waals surface area contributed by atoms with E-state index in [1.807, 2.05) is 19.1 Å². The normalized spacial score (nSPS) is 11.3. The predicted molar refractivity (Wildman–Crippen MR) is 106 cm³/mol. The largest absolute Gasteiger partial charge is 0.484 e. The first-order valence-corrected chi connectivity index (χ1v) is 10.3. The Morgan fingerprint density at radius 1 is 1.07 bits per heavy atom. The Labute approximate surface area is 161 Å². The number of anilines is 1. The Morgan fingerprint density at radius 3 is 2.37 bits per heavy atom. The number of sulfonamides is 1. The molecule has 27 heavy (non-hydrogen) atoms. The molecule has 0 spiro atoms. The van der Waals surface area contributed by atoms with Crippen LogP contribution in [-0.2, 0) is 14.8 Å². The first-order chi connectivity index (χ1) is 12.8. The summed E-state index contributed by atoms with van der Waals surface area (Å²) in [6, 6.07) is 13.1. The summed E-state index contributed by atoms with van der Waals surface area (Å²) in [6.07, 6.45) is 0.909. The second kappa shape index (κ2) is 9.41. The van der Waals surface area contributed by atoms with E-state index in [0.717, 1.165) is 12.0 Å². The van der Waals surface area contributed by atoms with Crippen LogP contribution in [0.3, 0.4) is 0 Å². The van der Waals surface area contributed by atoms with E-state index in [2.05, 4.69) is 23.9 Å². The number of para-hydroxylation sites is 1. The Morgan fingerprint density at radius 2 is 1.74 bits per heavy atom. The third-order valence-electron chi connectivity index (χ3n) is 3.94. The molecular formula is C20H26N2O4S. The van der Waals surface area contributed by atoms with Gasteiger partial charge in [0.2, 0.25) is 0 Å². The van der Waals surface area contributed by atoms with E-state index in [9.17, 15) is 13.2 Å². The Bertz CT molecular complexity index is 862. The van der Waals surface area contributed by atoms with Gasteiger partial charge in [0, 0.05) is 6.54 Å². The number of hydrogen-bond donors (Lipinski definition) is 2. The molecule has 146 valence electrons. The molecule has 0 aliphatic carbocycles. The van der Waals surface area contributed by atoms with Crippen LogP contribution in [0.15, 0.2) is 53.4 Å². The number of aryl methyl sites for hydroxylation is 1. The van der Waals surface area contributed by atoms with Gasteiger partial charge in [0.25, 0.3) is 15.9 Å². The molecule has 0 saturated carbocycles. The monoisotopic (exact) mass is 390 g/mol. The van der Waals surface area contributed by atoms with Gasteiger partial charge in [-0.15, -0.1) is 0 Å². The molecule has 0 fully saturated rings. The van der Waals surface area contributed by atoms with Gasteiger partial charge in [-0.05, 0) is 55.2 Å². The summed E-state index contributed by atoms with van der Waals surface area (Å²) in [5.74, 6) is 0.756. The highest BCUT2D eigenvalue weighted by Gasteiger charge is 2.15. The number of rotatable bonds is 9. The van der Waals surface area contributed by atoms with Gasteiger partial charge in [-0.2, -0.15) is 0 Å². The van der Waals surface area contributed by atoms with Crippen molar-refractivity contribution in [3.63, 3.8) is 0 Å². The van der Waals surface area contributed by atoms with E-state index in [1.54, 1.807) is 12.1 Å². The van der Waals surface area contributed by atoms with Crippen molar-refractivity contribution >= 4 is 21.6 Å². The van der Waals surface area contributed by atoms with Crippen molar-refractivity contribution in [1.82, 2.24) is 5.32 Å². The van der Waals surface area contributed by atoms with Crippen molar-refractivity contribution in [2.24, 2.45) is 5.92 Å². The van der Waals surface area contributed by atoms with Gasteiger partial charge in [0.15, 0.2) is 6.61 Å². The van der Waals surface area contributed by atoms with Gasteiger partial charge in [-0.3, -0.25) is 9.52 Å². The second-order valence-electron chi connectivity index (χ2n) is 6.71. The van der Waals surface area contributed by atoms with Gasteiger partial charge < -0.3 is 10.1 Å². The highest BCUT2D eigenvalue weighted by molar-refractivity contribution is 7.92. The molecule has 2 aromatic carbocycles. The Kier molecular flexibility index (Phi) is 7.24. The standard InChI is InChI=1S/C20H26N2O4S/c1-15(2)12-13-21-20(23)14-26-17-8-10-18(11-9-17)27(24,25)22-19-7-5-4-6-16(19)3/h4-11,15,22H,12-14H2,1-3H3,(H,21,23). The van der Waals surface area contributed by atoms with E-state index in [1.165, 1.54) is 24.3 Å². The molecule has 0 aliphatic rings. The number of benzene rings is 2. The first-order valence-electron chi connectivity index (χ1n) is 8.86. The van der Waals surface area contributed by atoms with Crippen molar-refractivity contribution in [3.8, 4) is 5.75 Å². The van der Waals surface area contributed by atoms with Gasteiger partial charge in [-0.25, -0.2) is 8.42 Å². The minimum Gasteiger partial charge on any atom is -0.484 e. The van der Waals surface area contributed by atoms with Crippen molar-refractivity contribution in [3.05, 3.63) is 54.1 Å². The smallest absolute Gasteiger partial charge is 0.261 e. The number of nitrogens with one attached hydrogen (secondary N) is 2. The molecular weight excluding hydrogens is 364 g/mol. The third kappa shape index (κ3) is 6.60. The number of carbonyl (C=O) groups is 1. The lowest BCUT2D eigenvalue weighted by Gasteiger charge is -2.11. The average molecular weight is 391 g/mol. The highest BCUT2D eigenvalue weighted by Crippen LogP contribution is 2.21. The molecule has 7 heteroatoms.